The van der Waals surface area contributed by atoms with E-state index in [2.05, 4.69) is 64.2 Å². The molecule has 0 spiro atoms. The third-order valence-corrected chi connectivity index (χ3v) is 4.40. The number of hydrogen-bond acceptors (Lipinski definition) is 1. The van der Waals surface area contributed by atoms with Crippen molar-refractivity contribution in [3.05, 3.63) is 63.4 Å². The van der Waals surface area contributed by atoms with Gasteiger partial charge in [0.1, 0.15) is 5.82 Å². The lowest BCUT2D eigenvalue weighted by atomic mass is 9.77. The number of aromatic amines is 1. The Bertz CT molecular complexity index is 789. The van der Waals surface area contributed by atoms with Gasteiger partial charge < -0.3 is 4.98 Å². The van der Waals surface area contributed by atoms with Gasteiger partial charge in [-0.1, -0.05) is 40.2 Å². The predicted molar refractivity (Wildman–Crippen MR) is 80.5 cm³/mol. The van der Waals surface area contributed by atoms with Gasteiger partial charge in [0.15, 0.2) is 0 Å². The molecule has 1 aromatic heterocycles. The minimum Gasteiger partial charge on any atom is -0.341 e. The lowest BCUT2D eigenvalue weighted by Gasteiger charge is -2.28. The van der Waals surface area contributed by atoms with Crippen LogP contribution in [0, 0.1) is 6.92 Å². The van der Waals surface area contributed by atoms with E-state index in [0.717, 1.165) is 27.8 Å². The Hall–Kier alpha value is -1.61. The Morgan fingerprint density at radius 3 is 2.95 bits per heavy atom. The number of rotatable bonds is 1. The zero-order chi connectivity index (χ0) is 13.0. The lowest BCUT2D eigenvalue weighted by Crippen LogP contribution is -2.18. The van der Waals surface area contributed by atoms with E-state index < -0.39 is 0 Å². The molecule has 2 aromatic carbocycles. The van der Waals surface area contributed by atoms with Gasteiger partial charge in [0.05, 0.1) is 11.0 Å². The van der Waals surface area contributed by atoms with E-state index in [4.69, 9.17) is 4.98 Å². The molecule has 1 N–H and O–H groups in total. The highest BCUT2D eigenvalue weighted by Crippen LogP contribution is 2.39. The normalized spacial score (nSPS) is 17.3. The maximum atomic E-state index is 4.80. The number of imidazole rings is 1. The summed E-state index contributed by atoms with van der Waals surface area (Å²) in [7, 11) is 0. The second kappa shape index (κ2) is 3.94. The van der Waals surface area contributed by atoms with E-state index in [0.29, 0.717) is 5.92 Å². The smallest absolute Gasteiger partial charge is 0.115 e. The first-order valence-corrected chi connectivity index (χ1v) is 7.25. The average Bonchev–Trinajstić information content (AvgIpc) is 2.74. The fourth-order valence-corrected chi connectivity index (χ4v) is 3.51. The van der Waals surface area contributed by atoms with Crippen molar-refractivity contribution in [2.24, 2.45) is 0 Å². The highest BCUT2D eigenvalue weighted by atomic mass is 79.9. The first kappa shape index (κ1) is 11.2. The third-order valence-electron chi connectivity index (χ3n) is 3.94. The number of aromatic nitrogens is 2. The summed E-state index contributed by atoms with van der Waals surface area (Å²) < 4.78 is 1.10. The summed E-state index contributed by atoms with van der Waals surface area (Å²) in [5, 5.41) is 0. The first-order chi connectivity index (χ1) is 9.22. The summed E-state index contributed by atoms with van der Waals surface area (Å²) in [6.45, 7) is 2.10. The molecule has 1 atom stereocenters. The van der Waals surface area contributed by atoms with Gasteiger partial charge in [0.2, 0.25) is 0 Å². The van der Waals surface area contributed by atoms with Crippen molar-refractivity contribution in [2.75, 3.05) is 0 Å². The number of aryl methyl sites for hydroxylation is 1. The largest absolute Gasteiger partial charge is 0.341 e. The second-order valence-corrected chi connectivity index (χ2v) is 6.11. The van der Waals surface area contributed by atoms with E-state index in [1.807, 2.05) is 0 Å². The van der Waals surface area contributed by atoms with Crippen molar-refractivity contribution in [1.29, 1.82) is 0 Å². The molecule has 0 bridgehead atoms. The topological polar surface area (TPSA) is 28.7 Å². The molecule has 2 nitrogen and oxygen atoms in total. The van der Waals surface area contributed by atoms with Crippen molar-refractivity contribution >= 4 is 27.0 Å². The van der Waals surface area contributed by atoms with Crippen LogP contribution < -0.4 is 0 Å². The zero-order valence-corrected chi connectivity index (χ0v) is 12.2. The fourth-order valence-electron chi connectivity index (χ4n) is 2.93. The van der Waals surface area contributed by atoms with E-state index >= 15 is 0 Å². The summed E-state index contributed by atoms with van der Waals surface area (Å²) >= 11 is 3.54. The van der Waals surface area contributed by atoms with E-state index in [9.17, 15) is 0 Å². The van der Waals surface area contributed by atoms with Crippen molar-refractivity contribution in [3.63, 3.8) is 0 Å². The molecule has 0 saturated heterocycles. The highest BCUT2D eigenvalue weighted by Gasteiger charge is 2.29. The van der Waals surface area contributed by atoms with Gasteiger partial charge in [0.25, 0.3) is 0 Å². The molecule has 3 heteroatoms. The minimum atomic E-state index is 0.432. The molecular formula is C16H13BrN2. The molecule has 1 unspecified atom stereocenters. The van der Waals surface area contributed by atoms with E-state index in [1.54, 1.807) is 0 Å². The first-order valence-electron chi connectivity index (χ1n) is 6.46. The molecular weight excluding hydrogens is 300 g/mol. The third kappa shape index (κ3) is 1.65. The monoisotopic (exact) mass is 312 g/mol. The van der Waals surface area contributed by atoms with Crippen molar-refractivity contribution in [2.45, 2.75) is 19.3 Å². The Kier molecular flexibility index (Phi) is 2.33. The van der Waals surface area contributed by atoms with Gasteiger partial charge in [-0.3, -0.25) is 0 Å². The van der Waals surface area contributed by atoms with Gasteiger partial charge in [-0.15, -0.1) is 0 Å². The van der Waals surface area contributed by atoms with Crippen molar-refractivity contribution in [1.82, 2.24) is 9.97 Å². The van der Waals surface area contributed by atoms with Crippen LogP contribution in [0.4, 0.5) is 0 Å². The van der Waals surface area contributed by atoms with Crippen LogP contribution >= 0.6 is 15.9 Å². The Balaban J connectivity index is 1.84. The van der Waals surface area contributed by atoms with Crippen LogP contribution in [-0.2, 0) is 6.42 Å². The van der Waals surface area contributed by atoms with Gasteiger partial charge >= 0.3 is 0 Å². The highest BCUT2D eigenvalue weighted by molar-refractivity contribution is 9.10. The number of halogens is 1. The zero-order valence-electron chi connectivity index (χ0n) is 10.6. The molecule has 0 amide bonds. The van der Waals surface area contributed by atoms with Crippen LogP contribution in [0.3, 0.4) is 0 Å². The van der Waals surface area contributed by atoms with E-state index in [1.165, 1.54) is 16.7 Å². The van der Waals surface area contributed by atoms with E-state index in [-0.39, 0.29) is 0 Å². The number of benzene rings is 2. The van der Waals surface area contributed by atoms with Gasteiger partial charge in [-0.2, -0.15) is 0 Å². The van der Waals surface area contributed by atoms with Gasteiger partial charge in [-0.05, 0) is 42.2 Å². The van der Waals surface area contributed by atoms with Crippen molar-refractivity contribution in [3.8, 4) is 0 Å². The molecule has 0 saturated carbocycles. The molecule has 0 aliphatic heterocycles. The Labute approximate surface area is 120 Å². The summed E-state index contributed by atoms with van der Waals surface area (Å²) in [6.07, 6.45) is 1.09. The van der Waals surface area contributed by atoms with Crippen LogP contribution in [0.2, 0.25) is 0 Å². The minimum absolute atomic E-state index is 0.432. The van der Waals surface area contributed by atoms with Gasteiger partial charge in [0, 0.05) is 10.4 Å². The molecule has 94 valence electrons. The average molecular weight is 313 g/mol. The summed E-state index contributed by atoms with van der Waals surface area (Å²) in [5.41, 5.74) is 6.28. The number of hydrogen-bond donors (Lipinski definition) is 1. The van der Waals surface area contributed by atoms with Crippen molar-refractivity contribution < 1.29 is 0 Å². The Morgan fingerprint density at radius 1 is 1.26 bits per heavy atom. The second-order valence-electron chi connectivity index (χ2n) is 5.20. The molecule has 3 aromatic rings. The van der Waals surface area contributed by atoms with Gasteiger partial charge in [-0.25, -0.2) is 4.98 Å². The summed E-state index contributed by atoms with van der Waals surface area (Å²) in [6, 6.07) is 12.8. The standard InChI is InChI=1S/C16H13BrN2/c1-9-6-11(17)8-14-15(9)19-16(18-14)13-7-10-4-2-3-5-12(10)13/h2-6,8,13H,7H2,1H3,(H,18,19). The summed E-state index contributed by atoms with van der Waals surface area (Å²) in [4.78, 5) is 8.28. The Morgan fingerprint density at radius 2 is 2.11 bits per heavy atom. The van der Waals surface area contributed by atoms with Crippen LogP contribution in [0.15, 0.2) is 40.9 Å². The number of fused-ring (bicyclic) bond motifs is 2. The maximum absolute atomic E-state index is 4.80. The number of nitrogens with zero attached hydrogens (tertiary/aromatic N) is 1. The molecule has 4 rings (SSSR count). The molecule has 19 heavy (non-hydrogen) atoms. The molecule has 0 fully saturated rings. The molecule has 1 heterocycles. The summed E-state index contributed by atoms with van der Waals surface area (Å²) in [5.74, 6) is 1.52. The quantitative estimate of drug-likeness (QED) is 0.712. The SMILES string of the molecule is Cc1cc(Br)cc2[nH]c(C3Cc4ccccc43)nc12. The number of H-pyrrole nitrogens is 1. The lowest BCUT2D eigenvalue weighted by molar-refractivity contribution is 0.671. The maximum Gasteiger partial charge on any atom is 0.115 e. The van der Waals surface area contributed by atoms with Crippen LogP contribution in [0.1, 0.15) is 28.4 Å². The molecule has 1 aliphatic rings. The predicted octanol–water partition coefficient (Wildman–Crippen LogP) is 4.32. The van der Waals surface area contributed by atoms with Crippen LogP contribution in [0.25, 0.3) is 11.0 Å². The van der Waals surface area contributed by atoms with Crippen LogP contribution in [0.5, 0.6) is 0 Å². The molecule has 1 aliphatic carbocycles. The molecule has 0 radical (unpaired) electrons. The fraction of sp³-hybridized carbons (Fsp3) is 0.188. The number of nitrogens with one attached hydrogen (secondary N) is 1. The van der Waals surface area contributed by atoms with Crippen LogP contribution in [-0.4, -0.2) is 9.97 Å².